The zero-order valence-corrected chi connectivity index (χ0v) is 20.7. The fourth-order valence-electron chi connectivity index (χ4n) is 3.47. The summed E-state index contributed by atoms with van der Waals surface area (Å²) in [6.45, 7) is 4.21. The van der Waals surface area contributed by atoms with E-state index in [4.69, 9.17) is 16.1 Å². The second-order valence-electron chi connectivity index (χ2n) is 8.05. The molecule has 0 aliphatic heterocycles. The molecule has 0 aliphatic carbocycles. The van der Waals surface area contributed by atoms with Gasteiger partial charge in [-0.1, -0.05) is 22.8 Å². The number of benzene rings is 2. The first kappa shape index (κ1) is 24.7. The van der Waals surface area contributed by atoms with E-state index in [2.05, 4.69) is 10.1 Å². The third-order valence-electron chi connectivity index (χ3n) is 5.02. The van der Waals surface area contributed by atoms with Crippen LogP contribution in [-0.4, -0.2) is 49.2 Å². The fourth-order valence-corrected chi connectivity index (χ4v) is 4.55. The number of aryl methyl sites for hydroxylation is 2. The van der Waals surface area contributed by atoms with Gasteiger partial charge in [0.05, 0.1) is 18.5 Å². The van der Waals surface area contributed by atoms with Crippen LogP contribution in [0.4, 0.5) is 5.69 Å². The zero-order chi connectivity index (χ0) is 24.2. The van der Waals surface area contributed by atoms with Gasteiger partial charge in [-0.05, 0) is 67.8 Å². The number of hydrogen-bond donors (Lipinski definition) is 0. The molecule has 10 heteroatoms. The van der Waals surface area contributed by atoms with Gasteiger partial charge >= 0.3 is 0 Å². The minimum atomic E-state index is -3.48. The van der Waals surface area contributed by atoms with Gasteiger partial charge in [0.2, 0.25) is 27.6 Å². The van der Waals surface area contributed by atoms with Crippen molar-refractivity contribution in [1.82, 2.24) is 15.0 Å². The van der Waals surface area contributed by atoms with E-state index in [1.807, 2.05) is 32.0 Å². The summed E-state index contributed by atoms with van der Waals surface area (Å²) < 4.78 is 31.3. The summed E-state index contributed by atoms with van der Waals surface area (Å²) in [7, 11) is -1.83. The average molecular weight is 491 g/mol. The van der Waals surface area contributed by atoms with E-state index in [9.17, 15) is 13.2 Å². The fraction of sp³-hybridized carbons (Fsp3) is 0.348. The predicted octanol–water partition coefficient (Wildman–Crippen LogP) is 4.21. The van der Waals surface area contributed by atoms with Crippen LogP contribution in [0.2, 0.25) is 5.02 Å². The van der Waals surface area contributed by atoms with E-state index in [0.29, 0.717) is 28.8 Å². The van der Waals surface area contributed by atoms with Crippen LogP contribution in [0.1, 0.15) is 29.9 Å². The van der Waals surface area contributed by atoms with Crippen molar-refractivity contribution in [3.8, 4) is 11.4 Å². The van der Waals surface area contributed by atoms with Gasteiger partial charge in [0, 0.05) is 30.6 Å². The number of sulfonamides is 1. The Morgan fingerprint density at radius 1 is 1.09 bits per heavy atom. The van der Waals surface area contributed by atoms with Crippen LogP contribution in [0, 0.1) is 13.8 Å². The van der Waals surface area contributed by atoms with E-state index in [0.717, 1.165) is 16.7 Å². The summed E-state index contributed by atoms with van der Waals surface area (Å²) in [6.07, 6.45) is 1.74. The molecule has 3 aromatic rings. The molecule has 2 aromatic carbocycles. The lowest BCUT2D eigenvalue weighted by Crippen LogP contribution is -2.32. The molecule has 0 spiro atoms. The Bertz CT molecular complexity index is 1210. The van der Waals surface area contributed by atoms with E-state index < -0.39 is 10.0 Å². The molecule has 0 fully saturated rings. The van der Waals surface area contributed by atoms with Crippen LogP contribution in [0.5, 0.6) is 0 Å². The molecule has 1 amide bonds. The van der Waals surface area contributed by atoms with Crippen molar-refractivity contribution in [2.24, 2.45) is 0 Å². The SMILES string of the molecule is Cc1cc(C)cc(N(CCCC(=O)N(C)Cc2nc(-c3ccc(Cl)cc3)no2)S(C)(=O)=O)c1. The molecule has 0 N–H and O–H groups in total. The predicted molar refractivity (Wildman–Crippen MR) is 129 cm³/mol. The monoisotopic (exact) mass is 490 g/mol. The second-order valence-corrected chi connectivity index (χ2v) is 10.4. The van der Waals surface area contributed by atoms with E-state index in [1.165, 1.54) is 15.5 Å². The quantitative estimate of drug-likeness (QED) is 0.445. The lowest BCUT2D eigenvalue weighted by atomic mass is 10.1. The number of nitrogens with zero attached hydrogens (tertiary/aromatic N) is 4. The Morgan fingerprint density at radius 3 is 2.33 bits per heavy atom. The maximum Gasteiger partial charge on any atom is 0.246 e. The highest BCUT2D eigenvalue weighted by molar-refractivity contribution is 7.92. The number of rotatable bonds is 9. The van der Waals surface area contributed by atoms with Crippen molar-refractivity contribution in [3.05, 3.63) is 64.5 Å². The van der Waals surface area contributed by atoms with Crippen molar-refractivity contribution in [2.75, 3.05) is 24.2 Å². The molecule has 0 bridgehead atoms. The number of aromatic nitrogens is 2. The summed E-state index contributed by atoms with van der Waals surface area (Å²) in [4.78, 5) is 18.4. The van der Waals surface area contributed by atoms with E-state index in [1.54, 1.807) is 31.3 Å². The van der Waals surface area contributed by atoms with Crippen molar-refractivity contribution in [3.63, 3.8) is 0 Å². The molecule has 8 nitrogen and oxygen atoms in total. The largest absolute Gasteiger partial charge is 0.337 e. The minimum absolute atomic E-state index is 0.143. The van der Waals surface area contributed by atoms with Crippen LogP contribution in [0.3, 0.4) is 0 Å². The maximum atomic E-state index is 12.6. The smallest absolute Gasteiger partial charge is 0.246 e. The maximum absolute atomic E-state index is 12.6. The van der Waals surface area contributed by atoms with Crippen LogP contribution in [0.25, 0.3) is 11.4 Å². The van der Waals surface area contributed by atoms with Crippen molar-refractivity contribution < 1.29 is 17.7 Å². The summed E-state index contributed by atoms with van der Waals surface area (Å²) in [5.41, 5.74) is 3.32. The standard InChI is InChI=1S/C23H27ClN4O4S/c1-16-12-17(2)14-20(13-16)28(33(4,30)31)11-5-6-22(29)27(3)15-21-25-23(26-32-21)18-7-9-19(24)10-8-18/h7-10,12-14H,5-6,11,15H2,1-4H3. The van der Waals surface area contributed by atoms with Crippen molar-refractivity contribution >= 4 is 33.2 Å². The van der Waals surface area contributed by atoms with Gasteiger partial charge in [-0.25, -0.2) is 8.42 Å². The Balaban J connectivity index is 1.58. The molecule has 1 heterocycles. The van der Waals surface area contributed by atoms with Crippen LogP contribution < -0.4 is 4.31 Å². The average Bonchev–Trinajstić information content (AvgIpc) is 3.18. The lowest BCUT2D eigenvalue weighted by molar-refractivity contribution is -0.130. The lowest BCUT2D eigenvalue weighted by Gasteiger charge is -2.23. The van der Waals surface area contributed by atoms with Gasteiger partial charge in [-0.15, -0.1) is 0 Å². The highest BCUT2D eigenvalue weighted by Crippen LogP contribution is 2.22. The molecule has 176 valence electrons. The Hall–Kier alpha value is -2.91. The van der Waals surface area contributed by atoms with Crippen molar-refractivity contribution in [2.45, 2.75) is 33.2 Å². The van der Waals surface area contributed by atoms with Gasteiger partial charge in [0.1, 0.15) is 0 Å². The number of carbonyl (C=O) groups excluding carboxylic acids is 1. The molecule has 0 radical (unpaired) electrons. The van der Waals surface area contributed by atoms with E-state index in [-0.39, 0.29) is 25.4 Å². The first-order valence-electron chi connectivity index (χ1n) is 10.4. The summed E-state index contributed by atoms with van der Waals surface area (Å²) in [5.74, 6) is 0.582. The van der Waals surface area contributed by atoms with Gasteiger partial charge in [-0.3, -0.25) is 9.10 Å². The second kappa shape index (κ2) is 10.4. The zero-order valence-electron chi connectivity index (χ0n) is 19.1. The molecule has 33 heavy (non-hydrogen) atoms. The van der Waals surface area contributed by atoms with Crippen LogP contribution >= 0.6 is 11.6 Å². The topological polar surface area (TPSA) is 96.6 Å². The third-order valence-corrected chi connectivity index (χ3v) is 6.46. The number of carbonyl (C=O) groups is 1. The highest BCUT2D eigenvalue weighted by Gasteiger charge is 2.20. The minimum Gasteiger partial charge on any atom is -0.337 e. The molecule has 1 aromatic heterocycles. The Labute approximate surface area is 199 Å². The van der Waals surface area contributed by atoms with Gasteiger partial charge in [0.15, 0.2) is 0 Å². The number of hydrogen-bond acceptors (Lipinski definition) is 6. The molecular formula is C23H27ClN4O4S. The molecular weight excluding hydrogens is 464 g/mol. The van der Waals surface area contributed by atoms with Crippen molar-refractivity contribution in [1.29, 1.82) is 0 Å². The van der Waals surface area contributed by atoms with Gasteiger partial charge < -0.3 is 9.42 Å². The van der Waals surface area contributed by atoms with Gasteiger partial charge in [0.25, 0.3) is 0 Å². The molecule has 3 rings (SSSR count). The highest BCUT2D eigenvalue weighted by atomic mass is 35.5. The molecule has 0 saturated carbocycles. The molecule has 0 saturated heterocycles. The Kier molecular flexibility index (Phi) is 7.76. The summed E-state index contributed by atoms with van der Waals surface area (Å²) in [6, 6.07) is 12.7. The number of halogens is 1. The normalized spacial score (nSPS) is 11.4. The van der Waals surface area contributed by atoms with Crippen LogP contribution in [0.15, 0.2) is 47.0 Å². The first-order valence-corrected chi connectivity index (χ1v) is 12.6. The number of anilines is 1. The first-order chi connectivity index (χ1) is 15.5. The Morgan fingerprint density at radius 2 is 1.73 bits per heavy atom. The molecule has 0 aliphatic rings. The third kappa shape index (κ3) is 6.79. The molecule has 0 atom stereocenters. The summed E-state index contributed by atoms with van der Waals surface area (Å²) >= 11 is 5.90. The number of amides is 1. The summed E-state index contributed by atoms with van der Waals surface area (Å²) in [5, 5.41) is 4.56. The van der Waals surface area contributed by atoms with E-state index >= 15 is 0 Å². The molecule has 0 unspecified atom stereocenters. The van der Waals surface area contributed by atoms with Gasteiger partial charge in [-0.2, -0.15) is 4.98 Å². The van der Waals surface area contributed by atoms with Crippen LogP contribution in [-0.2, 0) is 21.4 Å².